The van der Waals surface area contributed by atoms with Crippen LogP contribution in [-0.2, 0) is 6.42 Å². The smallest absolute Gasteiger partial charge is 0.251 e. The number of hydrogen-bond acceptors (Lipinski definition) is 3. The number of halogens is 1. The Morgan fingerprint density at radius 2 is 1.81 bits per heavy atom. The lowest BCUT2D eigenvalue weighted by Gasteiger charge is -2.24. The summed E-state index contributed by atoms with van der Waals surface area (Å²) in [6, 6.07) is 16.6. The molecule has 0 saturated heterocycles. The summed E-state index contributed by atoms with van der Waals surface area (Å²) >= 11 is 0. The fourth-order valence-corrected chi connectivity index (χ4v) is 3.21. The van der Waals surface area contributed by atoms with E-state index in [1.165, 1.54) is 11.1 Å². The van der Waals surface area contributed by atoms with Gasteiger partial charge in [-0.3, -0.25) is 9.79 Å². The van der Waals surface area contributed by atoms with E-state index in [1.54, 1.807) is 7.05 Å². The van der Waals surface area contributed by atoms with E-state index >= 15 is 0 Å². The quantitative estimate of drug-likeness (QED) is 0.261. The molecule has 0 heterocycles. The summed E-state index contributed by atoms with van der Waals surface area (Å²) in [6.07, 6.45) is 0.810. The van der Waals surface area contributed by atoms with Crippen LogP contribution in [-0.4, -0.2) is 57.5 Å². The molecule has 6 nitrogen and oxygen atoms in total. The number of nitrogens with one attached hydrogen (secondary N) is 3. The van der Waals surface area contributed by atoms with Gasteiger partial charge in [-0.25, -0.2) is 0 Å². The van der Waals surface area contributed by atoms with E-state index in [-0.39, 0.29) is 35.9 Å². The summed E-state index contributed by atoms with van der Waals surface area (Å²) in [7, 11) is 5.81. The zero-order valence-corrected chi connectivity index (χ0v) is 21.6. The molecule has 0 fully saturated rings. The highest BCUT2D eigenvalue weighted by Gasteiger charge is 2.14. The maximum atomic E-state index is 11.8. The minimum Gasteiger partial charge on any atom is -0.357 e. The topological polar surface area (TPSA) is 68.8 Å². The first-order valence-corrected chi connectivity index (χ1v) is 10.5. The first kappa shape index (κ1) is 26.9. The predicted octanol–water partition coefficient (Wildman–Crippen LogP) is 3.37. The number of carbonyl (C=O) groups is 1. The molecule has 170 valence electrons. The number of guanidine groups is 1. The molecular formula is C24H36IN5O. The zero-order valence-electron chi connectivity index (χ0n) is 19.2. The Hall–Kier alpha value is -2.13. The molecule has 0 radical (unpaired) electrons. The summed E-state index contributed by atoms with van der Waals surface area (Å²) in [4.78, 5) is 18.8. The van der Waals surface area contributed by atoms with Crippen molar-refractivity contribution in [3.8, 4) is 0 Å². The molecule has 0 saturated carbocycles. The standard InChI is InChI=1S/C24H35N5O.HI/c1-6-26-24(27-15-14-19-8-7-9-21(16-19)23(30)25-3)28-17-22(29(4)5)20-12-10-18(2)11-13-20;/h7-13,16,22H,6,14-15,17H2,1-5H3,(H,25,30)(H2,26,27,28);1H. The third kappa shape index (κ3) is 8.86. The van der Waals surface area contributed by atoms with E-state index in [0.717, 1.165) is 31.0 Å². The first-order valence-electron chi connectivity index (χ1n) is 10.5. The fraction of sp³-hybridized carbons (Fsp3) is 0.417. The van der Waals surface area contributed by atoms with E-state index in [4.69, 9.17) is 4.99 Å². The molecule has 1 amide bonds. The van der Waals surface area contributed by atoms with Gasteiger partial charge in [0.2, 0.25) is 0 Å². The van der Waals surface area contributed by atoms with Gasteiger partial charge in [0, 0.05) is 25.7 Å². The number of amides is 1. The van der Waals surface area contributed by atoms with Gasteiger partial charge >= 0.3 is 0 Å². The molecule has 0 spiro atoms. The molecule has 2 aromatic rings. The molecule has 3 N–H and O–H groups in total. The molecule has 2 aromatic carbocycles. The highest BCUT2D eigenvalue weighted by Crippen LogP contribution is 2.19. The van der Waals surface area contributed by atoms with Gasteiger partial charge in [0.25, 0.3) is 5.91 Å². The van der Waals surface area contributed by atoms with Crippen LogP contribution in [0.2, 0.25) is 0 Å². The van der Waals surface area contributed by atoms with Gasteiger partial charge in [-0.05, 0) is 57.6 Å². The van der Waals surface area contributed by atoms with Crippen LogP contribution in [0.4, 0.5) is 0 Å². The second-order valence-electron chi connectivity index (χ2n) is 7.57. The van der Waals surface area contributed by atoms with Gasteiger partial charge in [0.05, 0.1) is 12.6 Å². The molecule has 7 heteroatoms. The lowest BCUT2D eigenvalue weighted by molar-refractivity contribution is 0.0963. The summed E-state index contributed by atoms with van der Waals surface area (Å²) in [5.74, 6) is 0.740. The molecule has 0 aromatic heterocycles. The van der Waals surface area contributed by atoms with Crippen molar-refractivity contribution in [3.05, 3.63) is 70.8 Å². The first-order chi connectivity index (χ1) is 14.4. The van der Waals surface area contributed by atoms with Crippen LogP contribution in [0.1, 0.15) is 40.0 Å². The maximum absolute atomic E-state index is 11.8. The second-order valence-corrected chi connectivity index (χ2v) is 7.57. The third-order valence-corrected chi connectivity index (χ3v) is 4.97. The maximum Gasteiger partial charge on any atom is 0.251 e. The Kier molecular flexibility index (Phi) is 12.2. The van der Waals surface area contributed by atoms with Gasteiger partial charge in [0.15, 0.2) is 5.96 Å². The largest absolute Gasteiger partial charge is 0.357 e. The minimum absolute atomic E-state index is 0. The molecule has 0 bridgehead atoms. The van der Waals surface area contributed by atoms with Gasteiger partial charge in [-0.15, -0.1) is 24.0 Å². The van der Waals surface area contributed by atoms with Crippen LogP contribution < -0.4 is 16.0 Å². The van der Waals surface area contributed by atoms with E-state index in [9.17, 15) is 4.79 Å². The number of carbonyl (C=O) groups excluding carboxylic acids is 1. The van der Waals surface area contributed by atoms with Crippen LogP contribution in [0, 0.1) is 6.92 Å². The van der Waals surface area contributed by atoms with Crippen molar-refractivity contribution in [2.45, 2.75) is 26.3 Å². The van der Waals surface area contributed by atoms with Gasteiger partial charge in [0.1, 0.15) is 0 Å². The molecule has 1 atom stereocenters. The average molecular weight is 537 g/mol. The van der Waals surface area contributed by atoms with E-state index in [0.29, 0.717) is 12.1 Å². The summed E-state index contributed by atoms with van der Waals surface area (Å²) < 4.78 is 0. The number of rotatable bonds is 9. The molecule has 0 aliphatic rings. The second kappa shape index (κ2) is 14.0. The number of aliphatic imine (C=N–C) groups is 1. The monoisotopic (exact) mass is 537 g/mol. The number of benzene rings is 2. The molecule has 2 rings (SSSR count). The minimum atomic E-state index is -0.0643. The Balaban J connectivity index is 0.00000480. The summed E-state index contributed by atoms with van der Waals surface area (Å²) in [5.41, 5.74) is 4.32. The predicted molar refractivity (Wildman–Crippen MR) is 141 cm³/mol. The van der Waals surface area contributed by atoms with Crippen molar-refractivity contribution < 1.29 is 4.79 Å². The Labute approximate surface area is 203 Å². The number of likely N-dealkylation sites (N-methyl/N-ethyl adjacent to an activating group) is 1. The van der Waals surface area contributed by atoms with Crippen molar-refractivity contribution in [2.24, 2.45) is 4.99 Å². The normalized spacial score (nSPS) is 12.1. The Morgan fingerprint density at radius 3 is 2.42 bits per heavy atom. The third-order valence-electron chi connectivity index (χ3n) is 4.97. The van der Waals surface area contributed by atoms with Crippen molar-refractivity contribution in [3.63, 3.8) is 0 Å². The van der Waals surface area contributed by atoms with Gasteiger partial charge < -0.3 is 20.9 Å². The zero-order chi connectivity index (χ0) is 21.9. The summed E-state index contributed by atoms with van der Waals surface area (Å²) in [6.45, 7) is 6.37. The number of aryl methyl sites for hydroxylation is 1. The van der Waals surface area contributed by atoms with Crippen LogP contribution in [0.3, 0.4) is 0 Å². The Morgan fingerprint density at radius 1 is 1.10 bits per heavy atom. The average Bonchev–Trinajstić information content (AvgIpc) is 2.74. The molecular weight excluding hydrogens is 501 g/mol. The summed E-state index contributed by atoms with van der Waals surface area (Å²) in [5, 5.41) is 9.39. The SMILES string of the molecule is CCNC(=NCC(c1ccc(C)cc1)N(C)C)NCCc1cccc(C(=O)NC)c1.I. The van der Waals surface area contributed by atoms with Crippen molar-refractivity contribution in [1.29, 1.82) is 0 Å². The highest BCUT2D eigenvalue weighted by atomic mass is 127. The highest BCUT2D eigenvalue weighted by molar-refractivity contribution is 14.0. The van der Waals surface area contributed by atoms with Crippen LogP contribution in [0.25, 0.3) is 0 Å². The van der Waals surface area contributed by atoms with Crippen LogP contribution >= 0.6 is 24.0 Å². The van der Waals surface area contributed by atoms with Crippen LogP contribution in [0.5, 0.6) is 0 Å². The Bertz CT molecular complexity index is 836. The molecule has 1 unspecified atom stereocenters. The molecule has 31 heavy (non-hydrogen) atoms. The van der Waals surface area contributed by atoms with Crippen LogP contribution in [0.15, 0.2) is 53.5 Å². The molecule has 0 aliphatic carbocycles. The van der Waals surface area contributed by atoms with Crippen molar-refractivity contribution in [1.82, 2.24) is 20.9 Å². The lowest BCUT2D eigenvalue weighted by Crippen LogP contribution is -2.39. The fourth-order valence-electron chi connectivity index (χ4n) is 3.21. The lowest BCUT2D eigenvalue weighted by atomic mass is 10.0. The number of nitrogens with zero attached hydrogens (tertiary/aromatic N) is 2. The van der Waals surface area contributed by atoms with Crippen molar-refractivity contribution >= 4 is 35.8 Å². The van der Waals surface area contributed by atoms with Gasteiger partial charge in [-0.2, -0.15) is 0 Å². The number of hydrogen-bond donors (Lipinski definition) is 3. The van der Waals surface area contributed by atoms with E-state index < -0.39 is 0 Å². The van der Waals surface area contributed by atoms with Crippen molar-refractivity contribution in [2.75, 3.05) is 40.8 Å². The van der Waals surface area contributed by atoms with E-state index in [2.05, 4.69) is 73.1 Å². The molecule has 0 aliphatic heterocycles. The van der Waals surface area contributed by atoms with Gasteiger partial charge in [-0.1, -0.05) is 42.0 Å². The van der Waals surface area contributed by atoms with E-state index in [1.807, 2.05) is 24.3 Å².